The van der Waals surface area contributed by atoms with Gasteiger partial charge in [-0.05, 0) is 84.3 Å². The van der Waals surface area contributed by atoms with Crippen molar-refractivity contribution in [1.29, 1.82) is 0 Å². The number of carbonyl (C=O) groups is 2. The maximum atomic E-state index is 12.8. The van der Waals surface area contributed by atoms with Gasteiger partial charge >= 0.3 is 11.9 Å². The Morgan fingerprint density at radius 1 is 0.507 bits per heavy atom. The van der Waals surface area contributed by atoms with Gasteiger partial charge in [-0.3, -0.25) is 9.59 Å². The lowest BCUT2D eigenvalue weighted by Gasteiger charge is -2.40. The lowest BCUT2D eigenvalue weighted by atomic mass is 9.63. The Labute approximate surface area is 449 Å². The van der Waals surface area contributed by atoms with Crippen LogP contribution in [0, 0.1) is 10.8 Å². The molecule has 0 amide bonds. The molecule has 4 atom stereocenters. The van der Waals surface area contributed by atoms with Crippen molar-refractivity contribution < 1.29 is 23.8 Å². The van der Waals surface area contributed by atoms with Gasteiger partial charge < -0.3 is 14.2 Å². The van der Waals surface area contributed by atoms with E-state index in [4.69, 9.17) is 14.2 Å². The van der Waals surface area contributed by atoms with Crippen molar-refractivity contribution in [1.82, 2.24) is 0 Å². The summed E-state index contributed by atoms with van der Waals surface area (Å²) in [6.45, 7) is 26.5. The summed E-state index contributed by atoms with van der Waals surface area (Å²) in [5.74, 6) is -0.0789. The molecule has 0 aromatic heterocycles. The minimum Gasteiger partial charge on any atom is -0.462 e. The average Bonchev–Trinajstić information content (AvgIpc) is 3.95. The predicted molar refractivity (Wildman–Crippen MR) is 314 cm³/mol. The van der Waals surface area contributed by atoms with E-state index in [0.717, 1.165) is 56.9 Å². The van der Waals surface area contributed by atoms with Crippen LogP contribution >= 0.6 is 0 Å². The highest BCUT2D eigenvalue weighted by molar-refractivity contribution is 5.70. The van der Waals surface area contributed by atoms with Crippen molar-refractivity contribution in [2.75, 3.05) is 0 Å². The number of fused-ring (bicyclic) bond motifs is 1. The number of ether oxygens (including phenoxy) is 3. The molecular weight excluding hydrogens is 897 g/mol. The first-order chi connectivity index (χ1) is 34.9. The van der Waals surface area contributed by atoms with E-state index < -0.39 is 0 Å². The molecule has 3 rings (SSSR count). The highest BCUT2D eigenvalue weighted by atomic mass is 16.6. The Balaban J connectivity index is 1.37. The third-order valence-corrected chi connectivity index (χ3v) is 15.9. The summed E-state index contributed by atoms with van der Waals surface area (Å²) in [6.07, 6.45) is 62.4. The van der Waals surface area contributed by atoms with Crippen molar-refractivity contribution in [3.63, 3.8) is 0 Å². The van der Waals surface area contributed by atoms with Gasteiger partial charge in [0.2, 0.25) is 0 Å². The molecule has 0 N–H and O–H groups in total. The monoisotopic (exact) mass is 1000 g/mol. The molecule has 5 nitrogen and oxygen atoms in total. The second kappa shape index (κ2) is 34.1. The summed E-state index contributed by atoms with van der Waals surface area (Å²) < 4.78 is 18.6. The average molecular weight is 1010 g/mol. The van der Waals surface area contributed by atoms with Gasteiger partial charge in [0.1, 0.15) is 23.4 Å². The van der Waals surface area contributed by atoms with Gasteiger partial charge in [-0.25, -0.2) is 0 Å². The number of hydrogen-bond acceptors (Lipinski definition) is 5. The molecule has 1 heterocycles. The molecule has 1 saturated heterocycles. The van der Waals surface area contributed by atoms with Crippen molar-refractivity contribution in [3.8, 4) is 0 Å². The zero-order chi connectivity index (χ0) is 53.6. The second-order valence-electron chi connectivity index (χ2n) is 24.1. The molecule has 3 aliphatic rings. The summed E-state index contributed by atoms with van der Waals surface area (Å²) in [5, 5.41) is 0. The van der Waals surface area contributed by atoms with Crippen molar-refractivity contribution in [3.05, 3.63) is 119 Å². The molecule has 1 aliphatic heterocycles. The molecule has 410 valence electrons. The fourth-order valence-corrected chi connectivity index (χ4v) is 11.5. The maximum absolute atomic E-state index is 12.8. The highest BCUT2D eigenvalue weighted by Gasteiger charge is 2.75. The Hall–Kier alpha value is -3.70. The Morgan fingerprint density at radius 3 is 1.34 bits per heavy atom. The molecule has 5 heteroatoms. The zero-order valence-electron chi connectivity index (χ0n) is 49.1. The van der Waals surface area contributed by atoms with Gasteiger partial charge in [0.15, 0.2) is 0 Å². The van der Waals surface area contributed by atoms with Gasteiger partial charge in [0.25, 0.3) is 0 Å². The highest BCUT2D eigenvalue weighted by Crippen LogP contribution is 2.66. The maximum Gasteiger partial charge on any atom is 0.306 e. The van der Waals surface area contributed by atoms with Gasteiger partial charge in [-0.1, -0.05) is 277 Å². The van der Waals surface area contributed by atoms with Crippen LogP contribution in [0.4, 0.5) is 0 Å². The van der Waals surface area contributed by atoms with E-state index in [0.29, 0.717) is 12.8 Å². The number of epoxide rings is 1. The predicted octanol–water partition coefficient (Wildman–Crippen LogP) is 20.3. The van der Waals surface area contributed by atoms with Crippen molar-refractivity contribution >= 4 is 11.9 Å². The van der Waals surface area contributed by atoms with E-state index in [1.165, 1.54) is 143 Å². The second-order valence-corrected chi connectivity index (χ2v) is 24.1. The van der Waals surface area contributed by atoms with E-state index in [1.807, 2.05) is 0 Å². The van der Waals surface area contributed by atoms with E-state index in [9.17, 15) is 9.59 Å². The van der Waals surface area contributed by atoms with E-state index >= 15 is 0 Å². The first-order valence-corrected chi connectivity index (χ1v) is 29.8. The largest absolute Gasteiger partial charge is 0.462 e. The Kier molecular flexibility index (Phi) is 29.7. The zero-order valence-corrected chi connectivity index (χ0v) is 49.1. The summed E-state index contributed by atoms with van der Waals surface area (Å²) in [6, 6.07) is 0. The molecule has 0 spiro atoms. The molecule has 0 aromatic rings. The number of allylic oxidation sites excluding steroid dienone is 18. The first-order valence-electron chi connectivity index (χ1n) is 29.8. The molecule has 73 heavy (non-hydrogen) atoms. The summed E-state index contributed by atoms with van der Waals surface area (Å²) in [5.41, 5.74) is 6.47. The third-order valence-electron chi connectivity index (χ3n) is 15.9. The van der Waals surface area contributed by atoms with Gasteiger partial charge in [0, 0.05) is 31.1 Å². The molecule has 2 fully saturated rings. The van der Waals surface area contributed by atoms with Gasteiger partial charge in [-0.15, -0.1) is 0 Å². The summed E-state index contributed by atoms with van der Waals surface area (Å²) in [7, 11) is 0. The fraction of sp³-hybridized carbons (Fsp3) is 0.676. The molecule has 0 unspecified atom stereocenters. The number of unbranched alkanes of at least 4 members (excludes halogenated alkanes) is 20. The topological polar surface area (TPSA) is 65.1 Å². The van der Waals surface area contributed by atoms with Crippen LogP contribution in [0.3, 0.4) is 0 Å². The van der Waals surface area contributed by atoms with E-state index in [1.54, 1.807) is 0 Å². The van der Waals surface area contributed by atoms with Crippen molar-refractivity contribution in [2.45, 2.75) is 286 Å². The normalized spacial score (nSPS) is 23.7. The fourth-order valence-electron chi connectivity index (χ4n) is 11.5. The number of rotatable bonds is 36. The summed E-state index contributed by atoms with van der Waals surface area (Å²) >= 11 is 0. The van der Waals surface area contributed by atoms with Crippen LogP contribution in [0.2, 0.25) is 0 Å². The number of hydrogen-bond donors (Lipinski definition) is 0. The van der Waals surface area contributed by atoms with Gasteiger partial charge in [-0.2, -0.15) is 0 Å². The number of esters is 2. The van der Waals surface area contributed by atoms with Crippen LogP contribution in [-0.2, 0) is 23.8 Å². The molecule has 0 bridgehead atoms. The van der Waals surface area contributed by atoms with Crippen LogP contribution in [0.5, 0.6) is 0 Å². The molecule has 2 aliphatic carbocycles. The molecule has 0 aromatic carbocycles. The van der Waals surface area contributed by atoms with Crippen LogP contribution in [0.25, 0.3) is 0 Å². The smallest absolute Gasteiger partial charge is 0.306 e. The Morgan fingerprint density at radius 2 is 0.904 bits per heavy atom. The summed E-state index contributed by atoms with van der Waals surface area (Å²) in [4.78, 5) is 25.6. The van der Waals surface area contributed by atoms with Crippen LogP contribution in [0.15, 0.2) is 119 Å². The van der Waals surface area contributed by atoms with Crippen LogP contribution in [-0.4, -0.2) is 35.3 Å². The quantitative estimate of drug-likeness (QED) is 0.0271. The molecular formula is C68H108O5. The Bertz CT molecular complexity index is 1970. The van der Waals surface area contributed by atoms with Gasteiger partial charge in [0.05, 0.1) is 0 Å². The molecule has 1 saturated carbocycles. The lowest BCUT2D eigenvalue weighted by molar-refractivity contribution is -0.153. The lowest BCUT2D eigenvalue weighted by Crippen LogP contribution is -2.47. The first kappa shape index (κ1) is 63.6. The van der Waals surface area contributed by atoms with E-state index in [-0.39, 0.29) is 46.2 Å². The molecule has 0 radical (unpaired) electrons. The SMILES string of the molecule is CCCCCCCCCCCCCC(=O)O[C@@H]1CC(C)=C(/C=C/C(C)=C/C=C/C(C)=C/C=C/C=C(C)/C=C/C=C(C)/C=C/[C@@]23O[C@]2(C)C[C@@H](OC(=O)CCCCCCCCCCCCC)CC3(C)C)C(C)(C)C1. The standard InChI is InChI=1S/C68H108O5/c1-13-15-17-19-21-23-25-27-29-31-33-45-63(69)71-60-51-59(7)62(65(8,9)52-60)48-47-57(5)43-37-41-55(3)39-35-36-40-56(4)42-38-44-58(6)49-50-68-66(10,11)53-61(54-67(68,12)73-68)72-64(70)46-34-32-30-28-26-24-22-20-18-16-14-2/h35-44,47-50,60-61H,13-34,45-46,51-54H2,1-12H3/b36-35+,41-37+,42-38+,48-47+,50-49+,55-39+,56-40+,57-43+,58-44+/t60-,61+,67-,68+/m1/s1. The van der Waals surface area contributed by atoms with Crippen molar-refractivity contribution in [2.24, 2.45) is 10.8 Å². The van der Waals surface area contributed by atoms with Crippen LogP contribution in [0.1, 0.15) is 263 Å². The van der Waals surface area contributed by atoms with Crippen LogP contribution < -0.4 is 0 Å². The van der Waals surface area contributed by atoms with E-state index in [2.05, 4.69) is 168 Å². The number of carbonyl (C=O) groups excluding carboxylic acids is 2. The minimum atomic E-state index is -0.355. The minimum absolute atomic E-state index is 0.0288. The third kappa shape index (κ3) is 24.2.